The quantitative estimate of drug-likeness (QED) is 0.869. The lowest BCUT2D eigenvalue weighted by Crippen LogP contribution is -2.44. The van der Waals surface area contributed by atoms with Crippen LogP contribution >= 0.6 is 0 Å². The highest BCUT2D eigenvalue weighted by Crippen LogP contribution is 2.24. The highest BCUT2D eigenvalue weighted by atomic mass is 16.3. The smallest absolute Gasteiger partial charge is 0.227 e. The fraction of sp³-hybridized carbons (Fsp3) is 0.615. The van der Waals surface area contributed by atoms with E-state index in [1.165, 1.54) is 0 Å². The fourth-order valence-corrected chi connectivity index (χ4v) is 2.46. The van der Waals surface area contributed by atoms with Gasteiger partial charge in [-0.1, -0.05) is 12.8 Å². The maximum Gasteiger partial charge on any atom is 0.227 e. The summed E-state index contributed by atoms with van der Waals surface area (Å²) in [6.07, 6.45) is 5.76. The molecule has 0 spiro atoms. The van der Waals surface area contributed by atoms with Gasteiger partial charge in [-0.25, -0.2) is 0 Å². The third-order valence-corrected chi connectivity index (χ3v) is 3.49. The number of carbonyl (C=O) groups excluding carboxylic acids is 1. The van der Waals surface area contributed by atoms with Crippen LogP contribution in [0.15, 0.2) is 22.8 Å². The second kappa shape index (κ2) is 5.36. The minimum absolute atomic E-state index is 0.0105. The Morgan fingerprint density at radius 1 is 1.53 bits per heavy atom. The van der Waals surface area contributed by atoms with Gasteiger partial charge in [0.25, 0.3) is 0 Å². The summed E-state index contributed by atoms with van der Waals surface area (Å²) in [4.78, 5) is 14.0. The van der Waals surface area contributed by atoms with Gasteiger partial charge < -0.3 is 15.1 Å². The second-order valence-corrected chi connectivity index (χ2v) is 4.83. The monoisotopic (exact) mass is 236 g/mol. The van der Waals surface area contributed by atoms with Crippen molar-refractivity contribution in [1.82, 2.24) is 4.90 Å². The summed E-state index contributed by atoms with van der Waals surface area (Å²) in [6.45, 7) is 0.523. The van der Waals surface area contributed by atoms with E-state index in [2.05, 4.69) is 0 Å². The molecule has 2 unspecified atom stereocenters. The Kier molecular flexibility index (Phi) is 3.84. The Balaban J connectivity index is 1.94. The number of furan rings is 1. The van der Waals surface area contributed by atoms with E-state index in [1.54, 1.807) is 11.2 Å². The third-order valence-electron chi connectivity index (χ3n) is 3.49. The molecular formula is C13H20N2O2. The number of nitrogens with zero attached hydrogens (tertiary/aromatic N) is 1. The molecule has 2 N–H and O–H groups in total. The number of rotatable bonds is 3. The molecule has 17 heavy (non-hydrogen) atoms. The van der Waals surface area contributed by atoms with Crippen molar-refractivity contribution < 1.29 is 9.21 Å². The number of amides is 1. The van der Waals surface area contributed by atoms with E-state index in [4.69, 9.17) is 10.2 Å². The van der Waals surface area contributed by atoms with Crippen LogP contribution in [0.1, 0.15) is 31.4 Å². The zero-order valence-corrected chi connectivity index (χ0v) is 10.3. The van der Waals surface area contributed by atoms with Crippen LogP contribution in [0.25, 0.3) is 0 Å². The van der Waals surface area contributed by atoms with Gasteiger partial charge in [-0.3, -0.25) is 4.79 Å². The second-order valence-electron chi connectivity index (χ2n) is 4.83. The standard InChI is InChI=1S/C13H20N2O2/c1-15(9-10-5-4-8-17-10)13(16)11-6-2-3-7-12(11)14/h4-5,8,11-12H,2-3,6-7,9,14H2,1H3. The highest BCUT2D eigenvalue weighted by Gasteiger charge is 2.30. The molecule has 0 aliphatic heterocycles. The van der Waals surface area contributed by atoms with E-state index >= 15 is 0 Å². The summed E-state index contributed by atoms with van der Waals surface area (Å²) in [6, 6.07) is 3.74. The third kappa shape index (κ3) is 2.88. The number of carbonyl (C=O) groups is 1. The molecule has 94 valence electrons. The summed E-state index contributed by atoms with van der Waals surface area (Å²) >= 11 is 0. The van der Waals surface area contributed by atoms with Crippen LogP contribution in [-0.2, 0) is 11.3 Å². The Morgan fingerprint density at radius 2 is 2.29 bits per heavy atom. The fourth-order valence-electron chi connectivity index (χ4n) is 2.46. The summed E-state index contributed by atoms with van der Waals surface area (Å²) in [7, 11) is 1.81. The van der Waals surface area contributed by atoms with Gasteiger partial charge >= 0.3 is 0 Å². The lowest BCUT2D eigenvalue weighted by Gasteiger charge is -2.30. The highest BCUT2D eigenvalue weighted by molar-refractivity contribution is 5.79. The molecule has 1 saturated carbocycles. The Bertz CT molecular complexity index is 362. The van der Waals surface area contributed by atoms with E-state index in [1.807, 2.05) is 19.2 Å². The molecule has 1 amide bonds. The van der Waals surface area contributed by atoms with Crippen LogP contribution in [0, 0.1) is 5.92 Å². The van der Waals surface area contributed by atoms with Crippen molar-refractivity contribution in [3.8, 4) is 0 Å². The van der Waals surface area contributed by atoms with Crippen LogP contribution in [0.5, 0.6) is 0 Å². The number of hydrogen-bond acceptors (Lipinski definition) is 3. The van der Waals surface area contributed by atoms with Crippen molar-refractivity contribution in [2.45, 2.75) is 38.3 Å². The van der Waals surface area contributed by atoms with Crippen LogP contribution in [0.2, 0.25) is 0 Å². The average Bonchev–Trinajstić information content (AvgIpc) is 2.81. The van der Waals surface area contributed by atoms with Crippen molar-refractivity contribution in [1.29, 1.82) is 0 Å². The lowest BCUT2D eigenvalue weighted by molar-refractivity contribution is -0.136. The minimum atomic E-state index is -0.0105. The number of hydrogen-bond donors (Lipinski definition) is 1. The van der Waals surface area contributed by atoms with Crippen molar-refractivity contribution in [2.24, 2.45) is 11.7 Å². The molecule has 0 aromatic carbocycles. The van der Waals surface area contributed by atoms with Gasteiger partial charge in [0.05, 0.1) is 18.7 Å². The first-order chi connectivity index (χ1) is 8.18. The summed E-state index contributed by atoms with van der Waals surface area (Å²) in [5.74, 6) is 0.947. The molecule has 1 aliphatic carbocycles. The van der Waals surface area contributed by atoms with Gasteiger partial charge in [-0.15, -0.1) is 0 Å². The molecule has 1 aromatic heterocycles. The molecule has 2 rings (SSSR count). The van der Waals surface area contributed by atoms with E-state index in [-0.39, 0.29) is 17.9 Å². The number of nitrogens with two attached hydrogens (primary N) is 1. The molecule has 4 heteroatoms. The van der Waals surface area contributed by atoms with E-state index in [9.17, 15) is 4.79 Å². The van der Waals surface area contributed by atoms with Gasteiger partial charge in [0, 0.05) is 13.1 Å². The molecule has 1 fully saturated rings. The minimum Gasteiger partial charge on any atom is -0.467 e. The molecule has 0 saturated heterocycles. The Morgan fingerprint density at radius 3 is 2.94 bits per heavy atom. The van der Waals surface area contributed by atoms with Crippen molar-refractivity contribution in [3.63, 3.8) is 0 Å². The average molecular weight is 236 g/mol. The predicted octanol–water partition coefficient (Wildman–Crippen LogP) is 1.76. The van der Waals surface area contributed by atoms with Crippen LogP contribution in [-0.4, -0.2) is 23.9 Å². The zero-order valence-electron chi connectivity index (χ0n) is 10.3. The van der Waals surface area contributed by atoms with Crippen molar-refractivity contribution >= 4 is 5.91 Å². The first-order valence-electron chi connectivity index (χ1n) is 6.21. The predicted molar refractivity (Wildman–Crippen MR) is 65.1 cm³/mol. The molecular weight excluding hydrogens is 216 g/mol. The molecule has 1 heterocycles. The molecule has 1 aromatic rings. The van der Waals surface area contributed by atoms with Crippen molar-refractivity contribution in [3.05, 3.63) is 24.2 Å². The SMILES string of the molecule is CN(Cc1ccco1)C(=O)C1CCCCC1N. The van der Waals surface area contributed by atoms with E-state index < -0.39 is 0 Å². The van der Waals surface area contributed by atoms with Gasteiger partial charge in [-0.05, 0) is 25.0 Å². The molecule has 1 aliphatic rings. The van der Waals surface area contributed by atoms with Gasteiger partial charge in [0.1, 0.15) is 5.76 Å². The normalized spacial score (nSPS) is 24.6. The van der Waals surface area contributed by atoms with Crippen LogP contribution in [0.3, 0.4) is 0 Å². The largest absolute Gasteiger partial charge is 0.467 e. The topological polar surface area (TPSA) is 59.5 Å². The van der Waals surface area contributed by atoms with E-state index in [0.29, 0.717) is 6.54 Å². The van der Waals surface area contributed by atoms with Crippen LogP contribution < -0.4 is 5.73 Å². The van der Waals surface area contributed by atoms with Crippen LogP contribution in [0.4, 0.5) is 0 Å². The Hall–Kier alpha value is -1.29. The first kappa shape index (κ1) is 12.2. The Labute approximate surface area is 102 Å². The van der Waals surface area contributed by atoms with Crippen molar-refractivity contribution in [2.75, 3.05) is 7.05 Å². The summed E-state index contributed by atoms with van der Waals surface area (Å²) in [5.41, 5.74) is 6.02. The molecule has 0 bridgehead atoms. The van der Waals surface area contributed by atoms with Gasteiger partial charge in [0.15, 0.2) is 0 Å². The van der Waals surface area contributed by atoms with E-state index in [0.717, 1.165) is 31.4 Å². The van der Waals surface area contributed by atoms with Gasteiger partial charge in [-0.2, -0.15) is 0 Å². The van der Waals surface area contributed by atoms with Gasteiger partial charge in [0.2, 0.25) is 5.91 Å². The zero-order chi connectivity index (χ0) is 12.3. The lowest BCUT2D eigenvalue weighted by atomic mass is 9.84. The molecule has 4 nitrogen and oxygen atoms in total. The maximum absolute atomic E-state index is 12.2. The summed E-state index contributed by atoms with van der Waals surface area (Å²) in [5, 5.41) is 0. The summed E-state index contributed by atoms with van der Waals surface area (Å²) < 4.78 is 5.24. The molecule has 0 radical (unpaired) electrons. The molecule has 2 atom stereocenters. The first-order valence-corrected chi connectivity index (χ1v) is 6.21. The maximum atomic E-state index is 12.2.